The minimum absolute atomic E-state index is 0.0412. The van der Waals surface area contributed by atoms with Gasteiger partial charge in [-0.05, 0) is 48.6 Å². The maximum Gasteiger partial charge on any atom is 0.123 e. The number of nitrogens with one attached hydrogen (secondary N) is 1. The number of ether oxygens (including phenoxy) is 1. The van der Waals surface area contributed by atoms with Crippen molar-refractivity contribution in [3.63, 3.8) is 0 Å². The van der Waals surface area contributed by atoms with E-state index >= 15 is 0 Å². The number of hydrogen-bond acceptors (Lipinski definition) is 3. The minimum atomic E-state index is -0.226. The molecule has 3 nitrogen and oxygen atoms in total. The quantitative estimate of drug-likeness (QED) is 0.793. The zero-order valence-electron chi connectivity index (χ0n) is 14.7. The van der Waals surface area contributed by atoms with Crippen molar-refractivity contribution in [2.45, 2.75) is 37.5 Å². The van der Waals surface area contributed by atoms with Crippen LogP contribution in [0.25, 0.3) is 0 Å². The molecule has 0 amide bonds. The summed E-state index contributed by atoms with van der Waals surface area (Å²) < 4.78 is 19.6. The second kappa shape index (κ2) is 7.22. The fraction of sp³-hybridized carbons (Fsp3) is 0.364. The van der Waals surface area contributed by atoms with Crippen molar-refractivity contribution < 1.29 is 14.2 Å². The summed E-state index contributed by atoms with van der Waals surface area (Å²) >= 11 is 0. The van der Waals surface area contributed by atoms with Crippen LogP contribution >= 0.6 is 0 Å². The normalized spacial score (nSPS) is 27.2. The first-order chi connectivity index (χ1) is 12.7. The van der Waals surface area contributed by atoms with Gasteiger partial charge in [-0.2, -0.15) is 0 Å². The van der Waals surface area contributed by atoms with Crippen molar-refractivity contribution in [3.05, 3.63) is 77.6 Å². The molecule has 4 heteroatoms. The third kappa shape index (κ3) is 3.15. The van der Waals surface area contributed by atoms with Crippen LogP contribution in [0.3, 0.4) is 0 Å². The van der Waals surface area contributed by atoms with Crippen molar-refractivity contribution in [3.8, 4) is 0 Å². The number of benzene rings is 2. The number of halogens is 1. The first-order valence-corrected chi connectivity index (χ1v) is 9.21. The highest BCUT2D eigenvalue weighted by atomic mass is 19.1. The Hall–Kier alpha value is -2.17. The van der Waals surface area contributed by atoms with Crippen molar-refractivity contribution >= 4 is 5.69 Å². The van der Waals surface area contributed by atoms with E-state index in [1.165, 1.54) is 17.7 Å². The molecule has 0 aliphatic carbocycles. The van der Waals surface area contributed by atoms with Crippen LogP contribution in [0.4, 0.5) is 10.1 Å². The van der Waals surface area contributed by atoms with Crippen LogP contribution in [0.1, 0.15) is 41.7 Å². The second-order valence-corrected chi connectivity index (χ2v) is 7.19. The molecule has 2 aliphatic rings. The van der Waals surface area contributed by atoms with E-state index in [0.717, 1.165) is 36.1 Å². The van der Waals surface area contributed by atoms with Gasteiger partial charge in [0.25, 0.3) is 0 Å². The number of hydrogen-bond donors (Lipinski definition) is 2. The maximum absolute atomic E-state index is 13.4. The lowest BCUT2D eigenvalue weighted by atomic mass is 9.76. The number of fused-ring (bicyclic) bond motifs is 3. The molecule has 0 bridgehead atoms. The number of anilines is 1. The molecule has 26 heavy (non-hydrogen) atoms. The summed E-state index contributed by atoms with van der Waals surface area (Å²) in [7, 11) is 0. The molecule has 1 fully saturated rings. The summed E-state index contributed by atoms with van der Waals surface area (Å²) in [6.07, 6.45) is 4.30. The summed E-state index contributed by atoms with van der Waals surface area (Å²) in [6, 6.07) is 13.2. The molecule has 2 aromatic carbocycles. The smallest absolute Gasteiger partial charge is 0.123 e. The van der Waals surface area contributed by atoms with Crippen LogP contribution in [0.5, 0.6) is 0 Å². The van der Waals surface area contributed by atoms with Gasteiger partial charge in [0, 0.05) is 17.2 Å². The Morgan fingerprint density at radius 3 is 2.73 bits per heavy atom. The Balaban J connectivity index is 1.74. The molecule has 0 radical (unpaired) electrons. The Bertz CT molecular complexity index is 789. The summed E-state index contributed by atoms with van der Waals surface area (Å²) in [4.78, 5) is 0. The molecule has 4 atom stereocenters. The van der Waals surface area contributed by atoms with Crippen molar-refractivity contribution in [2.75, 3.05) is 11.9 Å². The van der Waals surface area contributed by atoms with Crippen molar-refractivity contribution in [1.82, 2.24) is 0 Å². The van der Waals surface area contributed by atoms with Gasteiger partial charge in [-0.25, -0.2) is 4.39 Å². The van der Waals surface area contributed by atoms with Crippen molar-refractivity contribution in [2.24, 2.45) is 5.92 Å². The van der Waals surface area contributed by atoms with Gasteiger partial charge in [0.2, 0.25) is 0 Å². The first-order valence-electron chi connectivity index (χ1n) is 9.21. The molecule has 2 aromatic rings. The average molecular weight is 353 g/mol. The van der Waals surface area contributed by atoms with E-state index in [-0.39, 0.29) is 36.6 Å². The van der Waals surface area contributed by atoms with E-state index < -0.39 is 0 Å². The zero-order valence-corrected chi connectivity index (χ0v) is 14.7. The molecule has 0 spiro atoms. The molecule has 0 aromatic heterocycles. The van der Waals surface area contributed by atoms with Gasteiger partial charge >= 0.3 is 0 Å². The van der Waals surface area contributed by atoms with E-state index in [0.29, 0.717) is 0 Å². The molecular weight excluding hydrogens is 329 g/mol. The largest absolute Gasteiger partial charge is 0.394 e. The van der Waals surface area contributed by atoms with Crippen LogP contribution in [0.2, 0.25) is 0 Å². The third-order valence-corrected chi connectivity index (χ3v) is 5.52. The van der Waals surface area contributed by atoms with Gasteiger partial charge in [-0.3, -0.25) is 0 Å². The second-order valence-electron chi connectivity index (χ2n) is 7.19. The van der Waals surface area contributed by atoms with E-state index in [2.05, 4.69) is 30.1 Å². The summed E-state index contributed by atoms with van der Waals surface area (Å²) in [5.41, 5.74) is 4.46. The lowest BCUT2D eigenvalue weighted by molar-refractivity contribution is -0.110. The highest BCUT2D eigenvalue weighted by molar-refractivity contribution is 5.58. The van der Waals surface area contributed by atoms with Gasteiger partial charge in [-0.1, -0.05) is 30.3 Å². The lowest BCUT2D eigenvalue weighted by Gasteiger charge is -2.45. The van der Waals surface area contributed by atoms with Gasteiger partial charge in [0.1, 0.15) is 5.82 Å². The Morgan fingerprint density at radius 1 is 1.19 bits per heavy atom. The van der Waals surface area contributed by atoms with Crippen LogP contribution < -0.4 is 5.32 Å². The highest BCUT2D eigenvalue weighted by Gasteiger charge is 2.42. The number of aliphatic hydroxyl groups excluding tert-OH is 1. The molecule has 4 rings (SSSR count). The molecule has 2 aliphatic heterocycles. The van der Waals surface area contributed by atoms with E-state index in [1.54, 1.807) is 0 Å². The molecule has 136 valence electrons. The molecule has 1 saturated heterocycles. The average Bonchev–Trinajstić information content (AvgIpc) is 2.68. The molecule has 0 unspecified atom stereocenters. The minimum Gasteiger partial charge on any atom is -0.394 e. The van der Waals surface area contributed by atoms with E-state index in [4.69, 9.17) is 4.74 Å². The fourth-order valence-electron chi connectivity index (χ4n) is 4.23. The molecule has 0 saturated carbocycles. The van der Waals surface area contributed by atoms with Crippen LogP contribution in [0, 0.1) is 11.7 Å². The highest BCUT2D eigenvalue weighted by Crippen LogP contribution is 2.50. The number of allylic oxidation sites excluding steroid dienone is 1. The fourth-order valence-corrected chi connectivity index (χ4v) is 4.23. The third-order valence-electron chi connectivity index (χ3n) is 5.52. The SMILES string of the molecule is C=CCc1ccc2c(c1)[C@@H]1O[C@@H](CO)CC[C@@H]1[C@H](c1ccc(F)cc1)N2. The summed E-state index contributed by atoms with van der Waals surface area (Å²) in [5.74, 6) is 0.0190. The van der Waals surface area contributed by atoms with Gasteiger partial charge < -0.3 is 15.2 Å². The molecular formula is C22H24FNO2. The van der Waals surface area contributed by atoms with E-state index in [9.17, 15) is 9.50 Å². The predicted molar refractivity (Wildman–Crippen MR) is 101 cm³/mol. The van der Waals surface area contributed by atoms with Crippen molar-refractivity contribution in [1.29, 1.82) is 0 Å². The Morgan fingerprint density at radius 2 is 2.00 bits per heavy atom. The van der Waals surface area contributed by atoms with E-state index in [1.807, 2.05) is 18.2 Å². The van der Waals surface area contributed by atoms with Gasteiger partial charge in [0.15, 0.2) is 0 Å². The summed E-state index contributed by atoms with van der Waals surface area (Å²) in [5, 5.41) is 13.2. The predicted octanol–water partition coefficient (Wildman–Crippen LogP) is 4.55. The number of rotatable bonds is 4. The Kier molecular flexibility index (Phi) is 4.79. The van der Waals surface area contributed by atoms with Crippen LogP contribution in [-0.4, -0.2) is 17.8 Å². The standard InChI is InChI=1S/C22H24FNO2/c1-2-3-14-4-11-20-19(12-14)22-18(10-9-17(13-25)26-22)21(24-20)15-5-7-16(23)8-6-15/h2,4-8,11-12,17-18,21-22,24-25H,1,3,9-10,13H2/t17-,18-,21+,22-/m1/s1. The first kappa shape index (κ1) is 17.3. The maximum atomic E-state index is 13.4. The molecule has 2 heterocycles. The van der Waals surface area contributed by atoms with Crippen LogP contribution in [0.15, 0.2) is 55.1 Å². The summed E-state index contributed by atoms with van der Waals surface area (Å²) in [6.45, 7) is 3.86. The zero-order chi connectivity index (χ0) is 18.1. The topological polar surface area (TPSA) is 41.5 Å². The van der Waals surface area contributed by atoms with Crippen LogP contribution in [-0.2, 0) is 11.2 Å². The molecule has 2 N–H and O–H groups in total. The van der Waals surface area contributed by atoms with Gasteiger partial charge in [-0.15, -0.1) is 6.58 Å². The lowest BCUT2D eigenvalue weighted by Crippen LogP contribution is -2.40. The monoisotopic (exact) mass is 353 g/mol. The Labute approximate surface area is 153 Å². The number of aliphatic hydroxyl groups is 1. The van der Waals surface area contributed by atoms with Gasteiger partial charge in [0.05, 0.1) is 24.9 Å².